The van der Waals surface area contributed by atoms with Gasteiger partial charge in [-0.15, -0.1) is 0 Å². The molecule has 34 heavy (non-hydrogen) atoms. The van der Waals surface area contributed by atoms with Gasteiger partial charge in [-0.2, -0.15) is 0 Å². The van der Waals surface area contributed by atoms with Crippen LogP contribution in [0.5, 0.6) is 5.75 Å². The molecule has 1 aliphatic heterocycles. The Bertz CT molecular complexity index is 1400. The fraction of sp³-hybridized carbons (Fsp3) is 0.208. The molecule has 5 N–H and O–H groups in total. The van der Waals surface area contributed by atoms with Gasteiger partial charge in [0.1, 0.15) is 5.69 Å². The molecular weight excluding hydrogens is 433 g/mol. The Hall–Kier alpha value is -3.89. The highest BCUT2D eigenvalue weighted by atomic mass is 16.5. The third-order valence-electron chi connectivity index (χ3n) is 5.93. The van der Waals surface area contributed by atoms with Crippen molar-refractivity contribution >= 4 is 29.8 Å². The Kier molecular flexibility index (Phi) is 5.68. The molecule has 1 aliphatic rings. The Balaban J connectivity index is 1.57. The van der Waals surface area contributed by atoms with E-state index in [1.807, 2.05) is 25.3 Å². The summed E-state index contributed by atoms with van der Waals surface area (Å²) in [5.41, 5.74) is 10.6. The van der Waals surface area contributed by atoms with Crippen molar-refractivity contribution in [2.24, 2.45) is 5.73 Å². The molecule has 0 saturated carbocycles. The van der Waals surface area contributed by atoms with Crippen molar-refractivity contribution in [3.8, 4) is 17.1 Å². The number of nitrogens with zero attached hydrogens (tertiary/aromatic N) is 3. The van der Waals surface area contributed by atoms with E-state index >= 15 is 0 Å². The monoisotopic (exact) mass is 457 g/mol. The van der Waals surface area contributed by atoms with Crippen molar-refractivity contribution in [2.75, 3.05) is 11.9 Å². The van der Waals surface area contributed by atoms with E-state index in [9.17, 15) is 14.8 Å². The first-order valence-electron chi connectivity index (χ1n) is 11.1. The van der Waals surface area contributed by atoms with E-state index in [4.69, 9.17) is 20.4 Å². The Morgan fingerprint density at radius 1 is 1.24 bits per heavy atom. The summed E-state index contributed by atoms with van der Waals surface area (Å²) in [5.74, 6) is 1.23. The van der Waals surface area contributed by atoms with E-state index in [1.165, 1.54) is 0 Å². The summed E-state index contributed by atoms with van der Waals surface area (Å²) in [7, 11) is -1.53. The summed E-state index contributed by atoms with van der Waals surface area (Å²) < 4.78 is 7.68. The molecule has 10 heteroatoms. The molecule has 0 aliphatic carbocycles. The number of amides is 1. The molecular formula is C24H24BN5O4. The van der Waals surface area contributed by atoms with Gasteiger partial charge in [-0.25, -0.2) is 9.97 Å². The number of rotatable bonds is 6. The number of ether oxygens (including phenoxy) is 1. The number of fused-ring (bicyclic) bond motifs is 2. The Morgan fingerprint density at radius 2 is 2.06 bits per heavy atom. The zero-order valence-corrected chi connectivity index (χ0v) is 18.7. The maximum absolute atomic E-state index is 11.9. The topological polar surface area (TPSA) is 135 Å². The van der Waals surface area contributed by atoms with Crippen LogP contribution in [0.25, 0.3) is 16.9 Å². The number of nitrogens with two attached hydrogens (primary N) is 1. The molecule has 0 saturated heterocycles. The van der Waals surface area contributed by atoms with Crippen LogP contribution in [0.1, 0.15) is 33.7 Å². The molecule has 0 bridgehead atoms. The lowest BCUT2D eigenvalue weighted by atomic mass is 9.80. The maximum atomic E-state index is 11.9. The molecule has 4 aromatic rings. The number of nitrogens with one attached hydrogen (secondary N) is 1. The number of pyridine rings is 1. The predicted octanol–water partition coefficient (Wildman–Crippen LogP) is 1.42. The fourth-order valence-corrected chi connectivity index (χ4v) is 4.33. The molecule has 5 rings (SSSR count). The van der Waals surface area contributed by atoms with Crippen molar-refractivity contribution in [1.29, 1.82) is 0 Å². The van der Waals surface area contributed by atoms with Gasteiger partial charge < -0.3 is 30.2 Å². The molecule has 0 radical (unpaired) electrons. The van der Waals surface area contributed by atoms with Gasteiger partial charge in [-0.1, -0.05) is 30.3 Å². The second kappa shape index (κ2) is 8.81. The Morgan fingerprint density at radius 3 is 2.85 bits per heavy atom. The summed E-state index contributed by atoms with van der Waals surface area (Å²) in [4.78, 5) is 21.5. The number of primary amides is 1. The van der Waals surface area contributed by atoms with Gasteiger partial charge in [-0.05, 0) is 48.5 Å². The maximum Gasteiger partial charge on any atom is 0.488 e. The minimum absolute atomic E-state index is 0.387. The first-order valence-corrected chi connectivity index (χ1v) is 11.1. The third-order valence-corrected chi connectivity index (χ3v) is 5.93. The summed E-state index contributed by atoms with van der Waals surface area (Å²) in [6.07, 6.45) is 3.49. The summed E-state index contributed by atoms with van der Waals surface area (Å²) in [5, 5.41) is 22.3. The van der Waals surface area contributed by atoms with Crippen LogP contribution < -0.4 is 21.3 Å². The first-order chi connectivity index (χ1) is 16.4. The molecule has 0 atom stereocenters. The molecule has 3 aromatic heterocycles. The lowest BCUT2D eigenvalue weighted by molar-refractivity contribution is 0.0994. The zero-order valence-electron chi connectivity index (χ0n) is 18.7. The van der Waals surface area contributed by atoms with E-state index in [0.717, 1.165) is 40.7 Å². The molecule has 9 nitrogen and oxygen atoms in total. The summed E-state index contributed by atoms with van der Waals surface area (Å²) in [6, 6.07) is 12.4. The standard InChI is InChI=1S/C24H24BN5O4/c1-14-13-30-18(8-3-9-19(30)22(26)31)20(14)23-28-17-7-4-10-34-21(17)24(29-23)27-12-15-5-2-6-16(11-15)25(32)33/h2-3,5-6,8-9,11,13,32-33H,4,7,10,12H2,1H3,(H2,26,31)(H,27,28,29). The molecule has 0 spiro atoms. The highest BCUT2D eigenvalue weighted by molar-refractivity contribution is 6.58. The minimum atomic E-state index is -1.53. The van der Waals surface area contributed by atoms with Crippen molar-refractivity contribution in [1.82, 2.24) is 14.4 Å². The summed E-state index contributed by atoms with van der Waals surface area (Å²) in [6.45, 7) is 2.95. The van der Waals surface area contributed by atoms with Crippen LogP contribution in [0.15, 0.2) is 48.7 Å². The van der Waals surface area contributed by atoms with Gasteiger partial charge >= 0.3 is 7.12 Å². The number of anilines is 1. The van der Waals surface area contributed by atoms with Gasteiger partial charge in [0.25, 0.3) is 5.91 Å². The number of aryl methyl sites for hydroxylation is 2. The van der Waals surface area contributed by atoms with E-state index in [-0.39, 0.29) is 0 Å². The van der Waals surface area contributed by atoms with E-state index in [0.29, 0.717) is 41.7 Å². The Labute approximate surface area is 196 Å². The van der Waals surface area contributed by atoms with Crippen LogP contribution in [0, 0.1) is 6.92 Å². The first kappa shape index (κ1) is 21.9. The zero-order chi connectivity index (χ0) is 23.8. The number of carbonyl (C=O) groups is 1. The minimum Gasteiger partial charge on any atom is -0.488 e. The average molecular weight is 457 g/mol. The van der Waals surface area contributed by atoms with Gasteiger partial charge in [0, 0.05) is 18.3 Å². The third kappa shape index (κ3) is 3.97. The fourth-order valence-electron chi connectivity index (χ4n) is 4.33. The highest BCUT2D eigenvalue weighted by Gasteiger charge is 2.23. The number of aromatic nitrogens is 3. The van der Waals surface area contributed by atoms with Gasteiger partial charge in [-0.3, -0.25) is 4.79 Å². The van der Waals surface area contributed by atoms with Crippen LogP contribution in [-0.2, 0) is 13.0 Å². The van der Waals surface area contributed by atoms with Gasteiger partial charge in [0.15, 0.2) is 17.4 Å². The number of benzene rings is 1. The van der Waals surface area contributed by atoms with E-state index < -0.39 is 13.0 Å². The second-order valence-corrected chi connectivity index (χ2v) is 8.31. The van der Waals surface area contributed by atoms with Crippen LogP contribution >= 0.6 is 0 Å². The number of carbonyl (C=O) groups excluding carboxylic acids is 1. The number of hydrogen-bond donors (Lipinski definition) is 4. The predicted molar refractivity (Wildman–Crippen MR) is 129 cm³/mol. The van der Waals surface area contributed by atoms with Crippen molar-refractivity contribution < 1.29 is 19.6 Å². The summed E-state index contributed by atoms with van der Waals surface area (Å²) >= 11 is 0. The van der Waals surface area contributed by atoms with Crippen LogP contribution in [0.2, 0.25) is 0 Å². The molecule has 1 amide bonds. The van der Waals surface area contributed by atoms with Gasteiger partial charge in [0.2, 0.25) is 0 Å². The highest BCUT2D eigenvalue weighted by Crippen LogP contribution is 2.36. The molecule has 0 fully saturated rings. The molecule has 0 unspecified atom stereocenters. The normalized spacial score (nSPS) is 12.8. The number of hydrogen-bond acceptors (Lipinski definition) is 7. The molecule has 1 aromatic carbocycles. The van der Waals surface area contributed by atoms with Crippen molar-refractivity contribution in [3.05, 3.63) is 71.2 Å². The average Bonchev–Trinajstić information content (AvgIpc) is 3.18. The quantitative estimate of drug-likeness (QED) is 0.322. The SMILES string of the molecule is Cc1cn2c(C(N)=O)cccc2c1-c1nc2c(c(NCc3cccc(B(O)O)c3)n1)OCCC2. The molecule has 4 heterocycles. The second-order valence-electron chi connectivity index (χ2n) is 8.31. The largest absolute Gasteiger partial charge is 0.488 e. The lowest BCUT2D eigenvalue weighted by Crippen LogP contribution is -2.30. The van der Waals surface area contributed by atoms with E-state index in [2.05, 4.69) is 5.32 Å². The van der Waals surface area contributed by atoms with Crippen LogP contribution in [0.3, 0.4) is 0 Å². The van der Waals surface area contributed by atoms with Crippen LogP contribution in [0.4, 0.5) is 5.82 Å². The van der Waals surface area contributed by atoms with Crippen LogP contribution in [-0.4, -0.2) is 44.0 Å². The molecule has 172 valence electrons. The van der Waals surface area contributed by atoms with Crippen molar-refractivity contribution in [2.45, 2.75) is 26.3 Å². The smallest absolute Gasteiger partial charge is 0.488 e. The van der Waals surface area contributed by atoms with E-state index in [1.54, 1.807) is 34.7 Å². The van der Waals surface area contributed by atoms with Gasteiger partial charge in [0.05, 0.1) is 17.8 Å². The lowest BCUT2D eigenvalue weighted by Gasteiger charge is -2.21. The van der Waals surface area contributed by atoms with Crippen molar-refractivity contribution in [3.63, 3.8) is 0 Å².